The lowest BCUT2D eigenvalue weighted by atomic mass is 10.2. The van der Waals surface area contributed by atoms with Crippen LogP contribution in [0.5, 0.6) is 5.75 Å². The van der Waals surface area contributed by atoms with Gasteiger partial charge in [0.15, 0.2) is 0 Å². The average Bonchev–Trinajstić information content (AvgIpc) is 2.30. The maximum atomic E-state index is 5.34. The van der Waals surface area contributed by atoms with E-state index in [1.165, 1.54) is 5.69 Å². The Labute approximate surface area is 102 Å². The van der Waals surface area contributed by atoms with Gasteiger partial charge in [0, 0.05) is 26.2 Å². The molecule has 0 unspecified atom stereocenters. The first kappa shape index (κ1) is 15.0. The second kappa shape index (κ2) is 7.33. The van der Waals surface area contributed by atoms with E-state index < -0.39 is 0 Å². The topological polar surface area (TPSA) is 56.0 Å². The number of hydrogen-bond donors (Lipinski definition) is 1. The molecule has 1 saturated heterocycles. The minimum atomic E-state index is 0. The van der Waals surface area contributed by atoms with Crippen molar-refractivity contribution in [1.82, 2.24) is 5.32 Å². The second-order valence-electron chi connectivity index (χ2n) is 3.41. The van der Waals surface area contributed by atoms with Crippen molar-refractivity contribution in [3.05, 3.63) is 24.3 Å². The van der Waals surface area contributed by atoms with Crippen LogP contribution in [0.1, 0.15) is 0 Å². The zero-order valence-corrected chi connectivity index (χ0v) is 10.2. The van der Waals surface area contributed by atoms with Crippen LogP contribution < -0.4 is 15.0 Å². The van der Waals surface area contributed by atoms with Crippen LogP contribution in [0.15, 0.2) is 24.3 Å². The van der Waals surface area contributed by atoms with Crippen molar-refractivity contribution in [3.8, 4) is 5.75 Å². The van der Waals surface area contributed by atoms with E-state index in [0.717, 1.165) is 31.9 Å². The van der Waals surface area contributed by atoms with Crippen LogP contribution >= 0.6 is 12.4 Å². The third kappa shape index (κ3) is 3.27. The van der Waals surface area contributed by atoms with Crippen molar-refractivity contribution < 1.29 is 10.2 Å². The number of nitrogens with one attached hydrogen (secondary N) is 1. The van der Waals surface area contributed by atoms with Crippen LogP contribution in [0.4, 0.5) is 5.69 Å². The van der Waals surface area contributed by atoms with Gasteiger partial charge in [-0.3, -0.25) is 0 Å². The standard InChI is InChI=1S/C11H16N2O.ClH.H2O/c1-14-11-5-3-2-4-10(11)13-8-6-12-7-9-13;;/h2-5,12H,6-9H2,1H3;1H;1H2. The molecule has 4 nitrogen and oxygen atoms in total. The lowest BCUT2D eigenvalue weighted by Gasteiger charge is -2.30. The van der Waals surface area contributed by atoms with Gasteiger partial charge in [-0.1, -0.05) is 12.1 Å². The largest absolute Gasteiger partial charge is 0.495 e. The highest BCUT2D eigenvalue weighted by molar-refractivity contribution is 5.85. The highest BCUT2D eigenvalue weighted by Crippen LogP contribution is 2.27. The summed E-state index contributed by atoms with van der Waals surface area (Å²) < 4.78 is 5.34. The van der Waals surface area contributed by atoms with Gasteiger partial charge in [-0.2, -0.15) is 0 Å². The van der Waals surface area contributed by atoms with Crippen molar-refractivity contribution >= 4 is 18.1 Å². The molecule has 5 heteroatoms. The Balaban J connectivity index is 0.00000112. The van der Waals surface area contributed by atoms with E-state index in [1.807, 2.05) is 12.1 Å². The van der Waals surface area contributed by atoms with Crippen LogP contribution in [-0.4, -0.2) is 38.8 Å². The Morgan fingerprint density at radius 3 is 2.44 bits per heavy atom. The Hall–Kier alpha value is -0.970. The number of nitrogens with zero attached hydrogens (tertiary/aromatic N) is 1. The summed E-state index contributed by atoms with van der Waals surface area (Å²) in [6.07, 6.45) is 0. The number of piperazine rings is 1. The summed E-state index contributed by atoms with van der Waals surface area (Å²) >= 11 is 0. The van der Waals surface area contributed by atoms with E-state index in [0.29, 0.717) is 0 Å². The first-order valence-electron chi connectivity index (χ1n) is 5.00. The van der Waals surface area contributed by atoms with Gasteiger partial charge in [0.2, 0.25) is 0 Å². The predicted octanol–water partition coefficient (Wildman–Crippen LogP) is 0.702. The first-order chi connectivity index (χ1) is 6.92. The van der Waals surface area contributed by atoms with Gasteiger partial charge in [0.25, 0.3) is 0 Å². The number of anilines is 1. The number of benzene rings is 1. The molecular weight excluding hydrogens is 228 g/mol. The molecule has 1 heterocycles. The Morgan fingerprint density at radius 1 is 1.19 bits per heavy atom. The Morgan fingerprint density at radius 2 is 1.81 bits per heavy atom. The van der Waals surface area contributed by atoms with Crippen LogP contribution in [0.25, 0.3) is 0 Å². The normalized spacial score (nSPS) is 14.7. The molecule has 1 aromatic carbocycles. The summed E-state index contributed by atoms with van der Waals surface area (Å²) in [6, 6.07) is 8.19. The Kier molecular flexibility index (Phi) is 6.88. The molecule has 92 valence electrons. The number of ether oxygens (including phenoxy) is 1. The van der Waals surface area contributed by atoms with E-state index in [2.05, 4.69) is 22.3 Å². The van der Waals surface area contributed by atoms with Gasteiger partial charge >= 0.3 is 0 Å². The van der Waals surface area contributed by atoms with Gasteiger partial charge < -0.3 is 20.4 Å². The summed E-state index contributed by atoms with van der Waals surface area (Å²) in [4.78, 5) is 2.36. The molecule has 0 bridgehead atoms. The summed E-state index contributed by atoms with van der Waals surface area (Å²) in [5.41, 5.74) is 1.21. The predicted molar refractivity (Wildman–Crippen MR) is 68.9 cm³/mol. The molecule has 0 saturated carbocycles. The molecule has 1 aliphatic rings. The van der Waals surface area contributed by atoms with Crippen molar-refractivity contribution in [3.63, 3.8) is 0 Å². The van der Waals surface area contributed by atoms with E-state index in [9.17, 15) is 0 Å². The van der Waals surface area contributed by atoms with Gasteiger partial charge in [0.1, 0.15) is 5.75 Å². The second-order valence-corrected chi connectivity index (χ2v) is 3.41. The smallest absolute Gasteiger partial charge is 0.142 e. The minimum absolute atomic E-state index is 0. The molecule has 16 heavy (non-hydrogen) atoms. The van der Waals surface area contributed by atoms with E-state index >= 15 is 0 Å². The zero-order chi connectivity index (χ0) is 9.80. The minimum Gasteiger partial charge on any atom is -0.495 e. The maximum Gasteiger partial charge on any atom is 0.142 e. The lowest BCUT2D eigenvalue weighted by Crippen LogP contribution is -2.43. The molecule has 1 aromatic rings. The summed E-state index contributed by atoms with van der Waals surface area (Å²) in [5, 5.41) is 3.34. The highest BCUT2D eigenvalue weighted by Gasteiger charge is 2.13. The fourth-order valence-electron chi connectivity index (χ4n) is 1.80. The number of halogens is 1. The van der Waals surface area contributed by atoms with Crippen molar-refractivity contribution in [2.24, 2.45) is 0 Å². The zero-order valence-electron chi connectivity index (χ0n) is 9.40. The van der Waals surface area contributed by atoms with Crippen LogP contribution in [0.3, 0.4) is 0 Å². The number of hydrogen-bond acceptors (Lipinski definition) is 3. The summed E-state index contributed by atoms with van der Waals surface area (Å²) in [7, 11) is 1.72. The van der Waals surface area contributed by atoms with E-state index in [4.69, 9.17) is 4.74 Å². The van der Waals surface area contributed by atoms with E-state index in [-0.39, 0.29) is 17.9 Å². The fourth-order valence-corrected chi connectivity index (χ4v) is 1.80. The van der Waals surface area contributed by atoms with Crippen LogP contribution in [0.2, 0.25) is 0 Å². The fraction of sp³-hybridized carbons (Fsp3) is 0.455. The lowest BCUT2D eigenvalue weighted by molar-refractivity contribution is 0.413. The van der Waals surface area contributed by atoms with Crippen molar-refractivity contribution in [2.75, 3.05) is 38.2 Å². The average molecular weight is 247 g/mol. The van der Waals surface area contributed by atoms with Crippen LogP contribution in [-0.2, 0) is 0 Å². The molecule has 3 N–H and O–H groups in total. The Bertz CT molecular complexity index is 304. The van der Waals surface area contributed by atoms with Gasteiger partial charge in [-0.15, -0.1) is 12.4 Å². The van der Waals surface area contributed by atoms with Crippen molar-refractivity contribution in [2.45, 2.75) is 0 Å². The molecular formula is C11H19ClN2O2. The molecule has 2 rings (SSSR count). The molecule has 0 aromatic heterocycles. The SMILES string of the molecule is COc1ccccc1N1CCNCC1.Cl.O. The number of methoxy groups -OCH3 is 1. The summed E-state index contributed by atoms with van der Waals surface area (Å²) in [6.45, 7) is 4.22. The molecule has 0 amide bonds. The van der Waals surface area contributed by atoms with Gasteiger partial charge in [-0.25, -0.2) is 0 Å². The van der Waals surface area contributed by atoms with Gasteiger partial charge in [-0.05, 0) is 12.1 Å². The third-order valence-electron chi connectivity index (χ3n) is 2.54. The molecule has 0 atom stereocenters. The quantitative estimate of drug-likeness (QED) is 0.836. The molecule has 0 radical (unpaired) electrons. The van der Waals surface area contributed by atoms with Gasteiger partial charge in [0.05, 0.1) is 12.8 Å². The first-order valence-corrected chi connectivity index (χ1v) is 5.00. The summed E-state index contributed by atoms with van der Waals surface area (Å²) in [5.74, 6) is 0.967. The maximum absolute atomic E-state index is 5.34. The third-order valence-corrected chi connectivity index (χ3v) is 2.54. The highest BCUT2D eigenvalue weighted by atomic mass is 35.5. The number of para-hydroxylation sites is 2. The number of rotatable bonds is 2. The molecule has 0 aliphatic carbocycles. The van der Waals surface area contributed by atoms with Crippen molar-refractivity contribution in [1.29, 1.82) is 0 Å². The van der Waals surface area contributed by atoms with E-state index in [1.54, 1.807) is 7.11 Å². The molecule has 1 aliphatic heterocycles. The van der Waals surface area contributed by atoms with Crippen LogP contribution in [0, 0.1) is 0 Å². The molecule has 0 spiro atoms. The molecule has 1 fully saturated rings. The monoisotopic (exact) mass is 246 g/mol.